The van der Waals surface area contributed by atoms with Gasteiger partial charge in [-0.1, -0.05) is 12.8 Å². The number of rotatable bonds is 4. The number of nitro benzene ring substituents is 1. The number of nitrogens with one attached hydrogen (secondary N) is 1. The SMILES string of the molecule is O=[N+]([O-])c1cc(F)cc(F)c1NC1CCCC(C2CC2)C1. The van der Waals surface area contributed by atoms with Crippen molar-refractivity contribution in [1.82, 2.24) is 0 Å². The predicted molar refractivity (Wildman–Crippen MR) is 75.1 cm³/mol. The topological polar surface area (TPSA) is 55.2 Å². The van der Waals surface area contributed by atoms with Crippen LogP contribution in [0.25, 0.3) is 0 Å². The van der Waals surface area contributed by atoms with E-state index in [4.69, 9.17) is 0 Å². The average Bonchev–Trinajstić information content (AvgIpc) is 3.26. The Bertz CT molecular complexity index is 561. The molecule has 6 heteroatoms. The van der Waals surface area contributed by atoms with Gasteiger partial charge in [0.05, 0.1) is 11.0 Å². The third-order valence-corrected chi connectivity index (χ3v) is 4.58. The third kappa shape index (κ3) is 3.14. The second kappa shape index (κ2) is 5.58. The molecule has 0 aromatic heterocycles. The van der Waals surface area contributed by atoms with E-state index in [0.29, 0.717) is 12.0 Å². The van der Waals surface area contributed by atoms with Gasteiger partial charge in [-0.15, -0.1) is 0 Å². The zero-order valence-electron chi connectivity index (χ0n) is 11.6. The van der Waals surface area contributed by atoms with Gasteiger partial charge in [0, 0.05) is 12.1 Å². The second-order valence-corrected chi connectivity index (χ2v) is 6.14. The first kappa shape index (κ1) is 14.2. The quantitative estimate of drug-likeness (QED) is 0.667. The summed E-state index contributed by atoms with van der Waals surface area (Å²) < 4.78 is 27.0. The standard InChI is InChI=1S/C15H18F2N2O2/c16-11-7-13(17)15(14(8-11)19(20)21)18-12-3-1-2-10(6-12)9-4-5-9/h7-10,12,18H,1-6H2. The average molecular weight is 296 g/mol. The van der Waals surface area contributed by atoms with Crippen molar-refractivity contribution in [3.63, 3.8) is 0 Å². The molecule has 0 radical (unpaired) electrons. The summed E-state index contributed by atoms with van der Waals surface area (Å²) in [5.41, 5.74) is -0.705. The molecule has 1 N–H and O–H groups in total. The van der Waals surface area contributed by atoms with Crippen molar-refractivity contribution in [2.45, 2.75) is 44.6 Å². The molecule has 4 nitrogen and oxygen atoms in total. The Morgan fingerprint density at radius 2 is 1.90 bits per heavy atom. The van der Waals surface area contributed by atoms with Crippen molar-refractivity contribution in [3.05, 3.63) is 33.9 Å². The lowest BCUT2D eigenvalue weighted by Crippen LogP contribution is -2.28. The fraction of sp³-hybridized carbons (Fsp3) is 0.600. The molecule has 3 rings (SSSR count). The maximum absolute atomic E-state index is 13.9. The first-order valence-electron chi connectivity index (χ1n) is 7.44. The summed E-state index contributed by atoms with van der Waals surface area (Å²) in [7, 11) is 0. The van der Waals surface area contributed by atoms with Crippen LogP contribution in [0.3, 0.4) is 0 Å². The molecule has 2 saturated carbocycles. The summed E-state index contributed by atoms with van der Waals surface area (Å²) in [6.45, 7) is 0. The molecule has 0 spiro atoms. The van der Waals surface area contributed by atoms with Gasteiger partial charge in [-0.2, -0.15) is 0 Å². The summed E-state index contributed by atoms with van der Waals surface area (Å²) in [6, 6.07) is 1.49. The van der Waals surface area contributed by atoms with Crippen LogP contribution in [0.5, 0.6) is 0 Å². The van der Waals surface area contributed by atoms with Gasteiger partial charge in [0.2, 0.25) is 0 Å². The molecule has 114 valence electrons. The summed E-state index contributed by atoms with van der Waals surface area (Å²) in [5, 5.41) is 13.9. The van der Waals surface area contributed by atoms with Crippen LogP contribution in [0.15, 0.2) is 12.1 Å². The molecule has 1 aromatic rings. The minimum Gasteiger partial charge on any atom is -0.374 e. The van der Waals surface area contributed by atoms with Crippen LogP contribution >= 0.6 is 0 Å². The molecule has 21 heavy (non-hydrogen) atoms. The normalized spacial score (nSPS) is 25.6. The molecule has 0 aliphatic heterocycles. The lowest BCUT2D eigenvalue weighted by molar-refractivity contribution is -0.384. The number of nitro groups is 1. The minimum absolute atomic E-state index is 0.0306. The van der Waals surface area contributed by atoms with E-state index in [1.54, 1.807) is 0 Å². The predicted octanol–water partition coefficient (Wildman–Crippen LogP) is 4.25. The Morgan fingerprint density at radius 3 is 2.57 bits per heavy atom. The molecular formula is C15H18F2N2O2. The number of anilines is 1. The molecule has 2 atom stereocenters. The van der Waals surface area contributed by atoms with E-state index in [1.807, 2.05) is 0 Å². The van der Waals surface area contributed by atoms with Gasteiger partial charge in [0.1, 0.15) is 11.5 Å². The molecule has 2 aliphatic rings. The number of nitrogens with zero attached hydrogens (tertiary/aromatic N) is 1. The fourth-order valence-electron chi connectivity index (χ4n) is 3.41. The Morgan fingerprint density at radius 1 is 1.14 bits per heavy atom. The monoisotopic (exact) mass is 296 g/mol. The molecular weight excluding hydrogens is 278 g/mol. The summed E-state index contributed by atoms with van der Waals surface area (Å²) >= 11 is 0. The van der Waals surface area contributed by atoms with Crippen LogP contribution in [0, 0.1) is 33.6 Å². The third-order valence-electron chi connectivity index (χ3n) is 4.58. The number of benzene rings is 1. The summed E-state index contributed by atoms with van der Waals surface area (Å²) in [6.07, 6.45) is 6.56. The van der Waals surface area contributed by atoms with Crippen molar-refractivity contribution in [2.24, 2.45) is 11.8 Å². The Labute approximate surface area is 121 Å². The van der Waals surface area contributed by atoms with Crippen molar-refractivity contribution >= 4 is 11.4 Å². The molecule has 2 fully saturated rings. The number of hydrogen-bond acceptors (Lipinski definition) is 3. The zero-order valence-corrected chi connectivity index (χ0v) is 11.6. The highest BCUT2D eigenvalue weighted by Gasteiger charge is 2.35. The van der Waals surface area contributed by atoms with Gasteiger partial charge >= 0.3 is 0 Å². The smallest absolute Gasteiger partial charge is 0.298 e. The lowest BCUT2D eigenvalue weighted by atomic mass is 9.82. The van der Waals surface area contributed by atoms with E-state index in [-0.39, 0.29) is 11.7 Å². The maximum atomic E-state index is 13.9. The molecule has 0 bridgehead atoms. The van der Waals surface area contributed by atoms with Crippen LogP contribution in [0.1, 0.15) is 38.5 Å². The number of hydrogen-bond donors (Lipinski definition) is 1. The van der Waals surface area contributed by atoms with Crippen molar-refractivity contribution < 1.29 is 13.7 Å². The zero-order chi connectivity index (χ0) is 15.0. The lowest BCUT2D eigenvalue weighted by Gasteiger charge is -2.30. The van der Waals surface area contributed by atoms with Gasteiger partial charge in [-0.25, -0.2) is 8.78 Å². The Kier molecular flexibility index (Phi) is 3.78. The van der Waals surface area contributed by atoms with E-state index in [1.165, 1.54) is 19.3 Å². The van der Waals surface area contributed by atoms with Crippen molar-refractivity contribution in [2.75, 3.05) is 5.32 Å². The van der Waals surface area contributed by atoms with Gasteiger partial charge in [0.15, 0.2) is 5.82 Å². The molecule has 2 aliphatic carbocycles. The van der Waals surface area contributed by atoms with E-state index >= 15 is 0 Å². The van der Waals surface area contributed by atoms with Crippen LogP contribution in [-0.2, 0) is 0 Å². The maximum Gasteiger partial charge on any atom is 0.298 e. The fourth-order valence-corrected chi connectivity index (χ4v) is 3.41. The van der Waals surface area contributed by atoms with E-state index in [2.05, 4.69) is 5.32 Å². The van der Waals surface area contributed by atoms with E-state index in [9.17, 15) is 18.9 Å². The summed E-state index contributed by atoms with van der Waals surface area (Å²) in [4.78, 5) is 10.2. The minimum atomic E-state index is -0.927. The van der Waals surface area contributed by atoms with E-state index in [0.717, 1.165) is 31.2 Å². The Hall–Kier alpha value is -1.72. The van der Waals surface area contributed by atoms with Crippen LogP contribution in [0.4, 0.5) is 20.2 Å². The van der Waals surface area contributed by atoms with Crippen molar-refractivity contribution in [1.29, 1.82) is 0 Å². The van der Waals surface area contributed by atoms with Gasteiger partial charge in [-0.05, 0) is 37.5 Å². The van der Waals surface area contributed by atoms with Crippen LogP contribution < -0.4 is 5.32 Å². The largest absolute Gasteiger partial charge is 0.374 e. The van der Waals surface area contributed by atoms with E-state index < -0.39 is 22.2 Å². The number of halogens is 2. The molecule has 0 amide bonds. The first-order chi connectivity index (χ1) is 10.0. The molecule has 0 saturated heterocycles. The molecule has 0 heterocycles. The highest BCUT2D eigenvalue weighted by molar-refractivity contribution is 5.63. The second-order valence-electron chi connectivity index (χ2n) is 6.14. The highest BCUT2D eigenvalue weighted by Crippen LogP contribution is 2.44. The summed E-state index contributed by atoms with van der Waals surface area (Å²) in [5.74, 6) is -0.402. The Balaban J connectivity index is 1.78. The molecule has 2 unspecified atom stereocenters. The van der Waals surface area contributed by atoms with Crippen LogP contribution in [-0.4, -0.2) is 11.0 Å². The van der Waals surface area contributed by atoms with Gasteiger partial charge in [0.25, 0.3) is 5.69 Å². The first-order valence-corrected chi connectivity index (χ1v) is 7.44. The van der Waals surface area contributed by atoms with Gasteiger partial charge < -0.3 is 5.32 Å². The highest BCUT2D eigenvalue weighted by atomic mass is 19.1. The van der Waals surface area contributed by atoms with Crippen LogP contribution in [0.2, 0.25) is 0 Å². The van der Waals surface area contributed by atoms with Gasteiger partial charge in [-0.3, -0.25) is 10.1 Å². The molecule has 1 aromatic carbocycles. The van der Waals surface area contributed by atoms with Crippen molar-refractivity contribution in [3.8, 4) is 0 Å².